The van der Waals surface area contributed by atoms with Gasteiger partial charge in [0.25, 0.3) is 18.3 Å². The van der Waals surface area contributed by atoms with E-state index in [1.165, 1.54) is 17.7 Å². The summed E-state index contributed by atoms with van der Waals surface area (Å²) in [6.45, 7) is 1.64. The van der Waals surface area contributed by atoms with Crippen LogP contribution in [0.3, 0.4) is 0 Å². The molecule has 2 aromatic carbocycles. The molecule has 1 saturated carbocycles. The molecule has 216 valence electrons. The summed E-state index contributed by atoms with van der Waals surface area (Å²) >= 11 is 0. The lowest BCUT2D eigenvalue weighted by molar-refractivity contribution is -0.122. The van der Waals surface area contributed by atoms with Crippen molar-refractivity contribution in [3.8, 4) is 5.75 Å². The van der Waals surface area contributed by atoms with Gasteiger partial charge in [0.05, 0.1) is 12.2 Å². The van der Waals surface area contributed by atoms with Gasteiger partial charge in [0.15, 0.2) is 11.6 Å². The Morgan fingerprint density at radius 1 is 1.05 bits per heavy atom. The molecule has 5 rings (SSSR count). The number of hydrogen-bond donors (Lipinski definition) is 2. The number of nitrogens with zero attached hydrogens (tertiary/aromatic N) is 3. The van der Waals surface area contributed by atoms with Crippen molar-refractivity contribution in [1.29, 1.82) is 0 Å². The Bertz CT molecular complexity index is 1340. The van der Waals surface area contributed by atoms with Crippen LogP contribution in [0.15, 0.2) is 60.8 Å². The molecule has 1 saturated heterocycles. The smallest absolute Gasteiger partial charge is 0.290 e. The van der Waals surface area contributed by atoms with Crippen molar-refractivity contribution in [2.75, 3.05) is 44.0 Å². The van der Waals surface area contributed by atoms with Crippen LogP contribution in [0.5, 0.6) is 5.75 Å². The molecule has 41 heavy (non-hydrogen) atoms. The third kappa shape index (κ3) is 8.03. The minimum atomic E-state index is -0.527. The maximum Gasteiger partial charge on any atom is 0.290 e. The van der Waals surface area contributed by atoms with E-state index in [9.17, 15) is 14.0 Å². The van der Waals surface area contributed by atoms with Crippen molar-refractivity contribution < 1.29 is 28.6 Å². The number of carbonyl (C=O) groups excluding carboxylic acids is 2. The number of benzene rings is 2. The molecular formula is C31H35FN4O5. The molecule has 2 aliphatic rings. The van der Waals surface area contributed by atoms with Gasteiger partial charge >= 0.3 is 0 Å². The highest BCUT2D eigenvalue weighted by molar-refractivity contribution is 6.04. The number of carbonyl (C=O) groups is 3. The van der Waals surface area contributed by atoms with Gasteiger partial charge in [-0.25, -0.2) is 9.37 Å². The molecule has 2 amide bonds. The molecule has 2 fully saturated rings. The minimum absolute atomic E-state index is 0.0123. The van der Waals surface area contributed by atoms with Crippen molar-refractivity contribution in [3.63, 3.8) is 0 Å². The van der Waals surface area contributed by atoms with Gasteiger partial charge in [0, 0.05) is 44.6 Å². The first kappa shape index (κ1) is 29.5. The number of aromatic nitrogens is 1. The Morgan fingerprint density at radius 3 is 2.27 bits per heavy atom. The minimum Gasteiger partial charge on any atom is -0.490 e. The number of piperidine rings is 1. The molecule has 0 bridgehead atoms. The van der Waals surface area contributed by atoms with E-state index >= 15 is 0 Å². The van der Waals surface area contributed by atoms with Crippen LogP contribution in [0.25, 0.3) is 0 Å². The maximum atomic E-state index is 14.4. The Balaban J connectivity index is 0.00000124. The zero-order valence-corrected chi connectivity index (χ0v) is 23.3. The first-order valence-corrected chi connectivity index (χ1v) is 13.6. The summed E-state index contributed by atoms with van der Waals surface area (Å²) in [6, 6.07) is 15.8. The van der Waals surface area contributed by atoms with Crippen molar-refractivity contribution >= 4 is 29.8 Å². The van der Waals surface area contributed by atoms with Gasteiger partial charge in [-0.3, -0.25) is 14.4 Å². The maximum absolute atomic E-state index is 14.4. The normalized spacial score (nSPS) is 14.9. The van der Waals surface area contributed by atoms with Crippen LogP contribution in [-0.2, 0) is 4.79 Å². The largest absolute Gasteiger partial charge is 0.490 e. The first-order chi connectivity index (χ1) is 19.8. The highest BCUT2D eigenvalue weighted by Crippen LogP contribution is 2.31. The number of pyridine rings is 1. The van der Waals surface area contributed by atoms with E-state index in [0.717, 1.165) is 31.5 Å². The van der Waals surface area contributed by atoms with Crippen molar-refractivity contribution in [2.45, 2.75) is 31.6 Å². The quantitative estimate of drug-likeness (QED) is 0.370. The Hall–Kier alpha value is -4.47. The molecule has 3 aromatic rings. The van der Waals surface area contributed by atoms with Crippen LogP contribution in [0.2, 0.25) is 0 Å². The second-order valence-electron chi connectivity index (χ2n) is 10.4. The number of ether oxygens (including phenoxy) is 1. The van der Waals surface area contributed by atoms with E-state index in [1.54, 1.807) is 12.3 Å². The summed E-state index contributed by atoms with van der Waals surface area (Å²) in [4.78, 5) is 42.0. The summed E-state index contributed by atoms with van der Waals surface area (Å²) in [5, 5.41) is 9.73. The number of hydrogen-bond acceptors (Lipinski definition) is 6. The van der Waals surface area contributed by atoms with Gasteiger partial charge in [0.1, 0.15) is 5.82 Å². The molecule has 9 nitrogen and oxygen atoms in total. The van der Waals surface area contributed by atoms with Gasteiger partial charge < -0.3 is 25.0 Å². The lowest BCUT2D eigenvalue weighted by atomic mass is 9.89. The van der Waals surface area contributed by atoms with Crippen molar-refractivity contribution in [2.24, 2.45) is 5.92 Å². The summed E-state index contributed by atoms with van der Waals surface area (Å²) in [5.41, 5.74) is 2.67. The van der Waals surface area contributed by atoms with Gasteiger partial charge in [0.2, 0.25) is 0 Å². The van der Waals surface area contributed by atoms with E-state index in [-0.39, 0.29) is 29.6 Å². The number of rotatable bonds is 8. The van der Waals surface area contributed by atoms with Crippen molar-refractivity contribution in [3.05, 3.63) is 83.3 Å². The Kier molecular flexibility index (Phi) is 9.89. The zero-order valence-electron chi connectivity index (χ0n) is 23.3. The summed E-state index contributed by atoms with van der Waals surface area (Å²) < 4.78 is 19.9. The standard InChI is InChI=1S/C30H33FN4O3.CH2O2/c1-34(2)28-12-8-24(18-32-28)30(37)35-15-13-22(14-16-35)21-5-9-25(10-6-21)33-29(36)23-7-11-27(26(31)17-23)38-19-20-3-4-20;2-1-3/h5-12,17-18,20,22H,3-4,13-16,19H2,1-2H3,(H,33,36);1H,(H,2,3). The van der Waals surface area contributed by atoms with Crippen molar-refractivity contribution in [1.82, 2.24) is 9.88 Å². The van der Waals surface area contributed by atoms with E-state index in [2.05, 4.69) is 10.3 Å². The molecule has 1 aliphatic carbocycles. The predicted molar refractivity (Wildman–Crippen MR) is 154 cm³/mol. The molecule has 0 atom stereocenters. The SMILES string of the molecule is CN(C)c1ccc(C(=O)N2CCC(c3ccc(NC(=O)c4ccc(OCC5CC5)c(F)c4)cc3)CC2)cn1.O=CO. The second-order valence-corrected chi connectivity index (χ2v) is 10.4. The average Bonchev–Trinajstić information content (AvgIpc) is 3.82. The zero-order chi connectivity index (χ0) is 29.4. The topological polar surface area (TPSA) is 112 Å². The summed E-state index contributed by atoms with van der Waals surface area (Å²) in [6.07, 6.45) is 5.64. The number of halogens is 1. The number of anilines is 2. The van der Waals surface area contributed by atoms with Crippen LogP contribution in [0, 0.1) is 11.7 Å². The molecule has 1 aromatic heterocycles. The van der Waals surface area contributed by atoms with Gasteiger partial charge in [-0.05, 0) is 85.5 Å². The molecular weight excluding hydrogens is 527 g/mol. The monoisotopic (exact) mass is 562 g/mol. The third-order valence-electron chi connectivity index (χ3n) is 7.24. The first-order valence-electron chi connectivity index (χ1n) is 13.6. The fourth-order valence-corrected chi connectivity index (χ4v) is 4.67. The van der Waals surface area contributed by atoms with E-state index < -0.39 is 5.82 Å². The summed E-state index contributed by atoms with van der Waals surface area (Å²) in [7, 11) is 3.84. The van der Waals surface area contributed by atoms with E-state index in [4.69, 9.17) is 14.6 Å². The molecule has 0 radical (unpaired) electrons. The summed E-state index contributed by atoms with van der Waals surface area (Å²) in [5.74, 6) is 0.987. The second kappa shape index (κ2) is 13.7. The van der Waals surface area contributed by atoms with Crippen LogP contribution in [0.4, 0.5) is 15.9 Å². The van der Waals surface area contributed by atoms with Crippen LogP contribution in [0.1, 0.15) is 57.9 Å². The van der Waals surface area contributed by atoms with E-state index in [0.29, 0.717) is 42.8 Å². The Morgan fingerprint density at radius 2 is 1.71 bits per heavy atom. The predicted octanol–water partition coefficient (Wildman–Crippen LogP) is 5.05. The van der Waals surface area contributed by atoms with Gasteiger partial charge in [-0.2, -0.15) is 0 Å². The molecule has 2 heterocycles. The highest BCUT2D eigenvalue weighted by atomic mass is 19.1. The fourth-order valence-electron chi connectivity index (χ4n) is 4.67. The molecule has 1 aliphatic heterocycles. The number of amides is 2. The van der Waals surface area contributed by atoms with Gasteiger partial charge in [-0.15, -0.1) is 0 Å². The lowest BCUT2D eigenvalue weighted by Crippen LogP contribution is -2.38. The van der Waals surface area contributed by atoms with E-state index in [1.807, 2.05) is 60.3 Å². The lowest BCUT2D eigenvalue weighted by Gasteiger charge is -2.32. The van der Waals surface area contributed by atoms with Crippen LogP contribution < -0.4 is 15.0 Å². The number of carboxylic acid groups (broad SMARTS) is 1. The highest BCUT2D eigenvalue weighted by Gasteiger charge is 2.25. The van der Waals surface area contributed by atoms with Gasteiger partial charge in [-0.1, -0.05) is 12.1 Å². The molecule has 10 heteroatoms. The molecule has 0 unspecified atom stereocenters. The third-order valence-corrected chi connectivity index (χ3v) is 7.24. The Labute approximate surface area is 238 Å². The number of likely N-dealkylation sites (tertiary alicyclic amines) is 1. The van der Waals surface area contributed by atoms with Crippen LogP contribution >= 0.6 is 0 Å². The molecule has 0 spiro atoms. The molecule has 2 N–H and O–H groups in total. The number of nitrogens with one attached hydrogen (secondary N) is 1. The average molecular weight is 563 g/mol. The van der Waals surface area contributed by atoms with Crippen LogP contribution in [-0.4, -0.2) is 67.1 Å². The fraction of sp³-hybridized carbons (Fsp3) is 0.355.